The van der Waals surface area contributed by atoms with Gasteiger partial charge in [-0.05, 0) is 61.4 Å². The summed E-state index contributed by atoms with van der Waals surface area (Å²) >= 11 is 0. The minimum Gasteiger partial charge on any atom is -0.497 e. The van der Waals surface area contributed by atoms with Gasteiger partial charge < -0.3 is 19.0 Å². The number of benzene rings is 2. The number of pyridine rings is 1. The lowest BCUT2D eigenvalue weighted by Gasteiger charge is -2.37. The van der Waals surface area contributed by atoms with Crippen LogP contribution >= 0.6 is 0 Å². The Bertz CT molecular complexity index is 1630. The van der Waals surface area contributed by atoms with E-state index in [1.54, 1.807) is 19.5 Å². The summed E-state index contributed by atoms with van der Waals surface area (Å²) in [6.45, 7) is 5.28. The number of ether oxygens (including phenoxy) is 1. The molecular weight excluding hydrogens is 538 g/mol. The highest BCUT2D eigenvalue weighted by Crippen LogP contribution is 2.36. The Morgan fingerprint density at radius 2 is 1.83 bits per heavy atom. The maximum atomic E-state index is 13.5. The Morgan fingerprint density at radius 1 is 1.10 bits per heavy atom. The molecule has 2 aliphatic rings. The van der Waals surface area contributed by atoms with Crippen molar-refractivity contribution < 1.29 is 18.6 Å². The van der Waals surface area contributed by atoms with Crippen LogP contribution in [0.2, 0.25) is 0 Å². The third-order valence-corrected chi connectivity index (χ3v) is 9.45. The SMILES string of the molecule is COc1cc(C)c(S(=O)Nc2cccc3ccn(CC(=O)N4CCC5(CC4)CC(c4ccncc4)=NO5)c23)c(C)c1. The molecule has 9 nitrogen and oxygen atoms in total. The lowest BCUT2D eigenvalue weighted by Crippen LogP contribution is -2.47. The molecule has 10 heteroatoms. The number of fused-ring (bicyclic) bond motifs is 1. The largest absolute Gasteiger partial charge is 0.497 e. The van der Waals surface area contributed by atoms with E-state index < -0.39 is 11.0 Å². The summed E-state index contributed by atoms with van der Waals surface area (Å²) in [5.41, 5.74) is 4.94. The first kappa shape index (κ1) is 27.0. The molecule has 0 saturated carbocycles. The van der Waals surface area contributed by atoms with Crippen LogP contribution < -0.4 is 9.46 Å². The van der Waals surface area contributed by atoms with E-state index >= 15 is 0 Å². The Balaban J connectivity index is 1.14. The molecule has 1 N–H and O–H groups in total. The average Bonchev–Trinajstić information content (AvgIpc) is 3.58. The van der Waals surface area contributed by atoms with Crippen molar-refractivity contribution >= 4 is 39.2 Å². The summed E-state index contributed by atoms with van der Waals surface area (Å²) < 4.78 is 24.0. The van der Waals surface area contributed by atoms with E-state index in [1.807, 2.05) is 78.0 Å². The highest BCUT2D eigenvalue weighted by atomic mass is 32.2. The summed E-state index contributed by atoms with van der Waals surface area (Å²) in [5.74, 6) is 0.781. The summed E-state index contributed by atoms with van der Waals surface area (Å²) in [6.07, 6.45) is 7.64. The third kappa shape index (κ3) is 5.31. The second-order valence-corrected chi connectivity index (χ2v) is 11.9. The highest BCUT2D eigenvalue weighted by molar-refractivity contribution is 7.86. The van der Waals surface area contributed by atoms with Gasteiger partial charge in [-0.1, -0.05) is 17.3 Å². The first-order valence-electron chi connectivity index (χ1n) is 13.7. The molecule has 6 rings (SSSR count). The van der Waals surface area contributed by atoms with Crippen molar-refractivity contribution in [3.05, 3.63) is 83.8 Å². The van der Waals surface area contributed by atoms with Crippen molar-refractivity contribution in [3.63, 3.8) is 0 Å². The number of piperidine rings is 1. The average molecular weight is 572 g/mol. The monoisotopic (exact) mass is 571 g/mol. The van der Waals surface area contributed by atoms with Crippen LogP contribution in [0.3, 0.4) is 0 Å². The molecule has 4 aromatic rings. The van der Waals surface area contributed by atoms with Crippen molar-refractivity contribution in [2.45, 2.75) is 50.2 Å². The van der Waals surface area contributed by atoms with E-state index in [9.17, 15) is 9.00 Å². The molecular formula is C31H33N5O4S. The number of rotatable bonds is 7. The first-order valence-corrected chi connectivity index (χ1v) is 14.9. The van der Waals surface area contributed by atoms with Gasteiger partial charge in [0.1, 0.15) is 17.9 Å². The number of nitrogens with one attached hydrogen (secondary N) is 1. The predicted molar refractivity (Wildman–Crippen MR) is 159 cm³/mol. The molecule has 0 aliphatic carbocycles. The van der Waals surface area contributed by atoms with Crippen molar-refractivity contribution in [1.29, 1.82) is 0 Å². The van der Waals surface area contributed by atoms with Gasteiger partial charge in [0.15, 0.2) is 11.0 Å². The summed E-state index contributed by atoms with van der Waals surface area (Å²) in [4.78, 5) is 26.1. The Kier molecular flexibility index (Phi) is 7.25. The van der Waals surface area contributed by atoms with Gasteiger partial charge in [-0.3, -0.25) is 14.5 Å². The maximum absolute atomic E-state index is 13.5. The number of hydrogen-bond acceptors (Lipinski definition) is 6. The second kappa shape index (κ2) is 11.0. The number of para-hydroxylation sites is 1. The molecule has 2 aliphatic heterocycles. The number of aromatic nitrogens is 2. The Labute approximate surface area is 241 Å². The van der Waals surface area contributed by atoms with Gasteiger partial charge >= 0.3 is 0 Å². The number of methoxy groups -OCH3 is 1. The van der Waals surface area contributed by atoms with E-state index in [0.717, 1.165) is 63.2 Å². The van der Waals surface area contributed by atoms with Crippen molar-refractivity contribution in [2.24, 2.45) is 5.16 Å². The number of hydrogen-bond donors (Lipinski definition) is 1. The number of carbonyl (C=O) groups is 1. The van der Waals surface area contributed by atoms with Crippen molar-refractivity contribution in [3.8, 4) is 5.75 Å². The molecule has 1 amide bonds. The van der Waals surface area contributed by atoms with Crippen LogP contribution in [-0.2, 0) is 27.2 Å². The molecule has 2 aromatic carbocycles. The van der Waals surface area contributed by atoms with E-state index in [2.05, 4.69) is 14.9 Å². The fourth-order valence-corrected chi connectivity index (χ4v) is 7.01. The zero-order valence-electron chi connectivity index (χ0n) is 23.4. The van der Waals surface area contributed by atoms with Crippen LogP contribution in [0.4, 0.5) is 5.69 Å². The van der Waals surface area contributed by atoms with E-state index in [0.29, 0.717) is 18.8 Å². The molecule has 41 heavy (non-hydrogen) atoms. The minimum atomic E-state index is -1.50. The topological polar surface area (TPSA) is 98.1 Å². The smallest absolute Gasteiger partial charge is 0.242 e. The highest BCUT2D eigenvalue weighted by Gasteiger charge is 2.43. The summed E-state index contributed by atoms with van der Waals surface area (Å²) in [6, 6.07) is 15.5. The molecule has 1 unspecified atom stereocenters. The lowest BCUT2D eigenvalue weighted by molar-refractivity contribution is -0.137. The molecule has 1 fully saturated rings. The van der Waals surface area contributed by atoms with Crippen molar-refractivity contribution in [2.75, 3.05) is 24.9 Å². The van der Waals surface area contributed by atoms with Crippen LogP contribution in [0, 0.1) is 13.8 Å². The third-order valence-electron chi connectivity index (χ3n) is 8.03. The molecule has 0 radical (unpaired) electrons. The summed E-state index contributed by atoms with van der Waals surface area (Å²) in [7, 11) is 0.125. The number of amides is 1. The minimum absolute atomic E-state index is 0.0448. The number of oxime groups is 1. The second-order valence-electron chi connectivity index (χ2n) is 10.8. The van der Waals surface area contributed by atoms with Gasteiger partial charge in [-0.25, -0.2) is 4.21 Å². The zero-order chi connectivity index (χ0) is 28.6. The summed E-state index contributed by atoms with van der Waals surface area (Å²) in [5, 5.41) is 5.34. The van der Waals surface area contributed by atoms with Crippen LogP contribution in [-0.4, -0.2) is 56.1 Å². The molecule has 1 spiro atoms. The van der Waals surface area contributed by atoms with E-state index in [1.165, 1.54) is 0 Å². The number of carbonyl (C=O) groups excluding carboxylic acids is 1. The van der Waals surface area contributed by atoms with Gasteiger partial charge in [0.2, 0.25) is 5.91 Å². The van der Waals surface area contributed by atoms with Gasteiger partial charge in [-0.15, -0.1) is 0 Å². The van der Waals surface area contributed by atoms with Crippen LogP contribution in [0.15, 0.2) is 77.2 Å². The van der Waals surface area contributed by atoms with Crippen LogP contribution in [0.5, 0.6) is 5.75 Å². The van der Waals surface area contributed by atoms with Gasteiger partial charge in [0.05, 0.1) is 28.9 Å². The molecule has 212 valence electrons. The van der Waals surface area contributed by atoms with E-state index in [4.69, 9.17) is 9.57 Å². The fraction of sp³-hybridized carbons (Fsp3) is 0.323. The number of likely N-dealkylation sites (tertiary alicyclic amines) is 1. The molecule has 1 saturated heterocycles. The first-order chi connectivity index (χ1) is 19.9. The Morgan fingerprint density at radius 3 is 2.54 bits per heavy atom. The van der Waals surface area contributed by atoms with Crippen LogP contribution in [0.25, 0.3) is 10.9 Å². The Hall–Kier alpha value is -4.18. The zero-order valence-corrected chi connectivity index (χ0v) is 24.2. The quantitative estimate of drug-likeness (QED) is 0.337. The molecule has 1 atom stereocenters. The van der Waals surface area contributed by atoms with E-state index in [-0.39, 0.29) is 18.1 Å². The number of anilines is 1. The number of aryl methyl sites for hydroxylation is 2. The van der Waals surface area contributed by atoms with Crippen LogP contribution in [0.1, 0.15) is 36.0 Å². The number of nitrogens with zero attached hydrogens (tertiary/aromatic N) is 4. The van der Waals surface area contributed by atoms with Gasteiger partial charge in [0, 0.05) is 61.9 Å². The standard InChI is InChI=1S/C31H33N5O4S/c1-21-17-25(39-3)18-22(2)30(21)41(38)34-26-6-4-5-24-9-14-36(29(24)26)20-28(37)35-15-10-31(11-16-35)19-27(33-40-31)23-7-12-32-13-8-23/h4-9,12-14,17-18,34H,10-11,15-16,19-20H2,1-3H3. The lowest BCUT2D eigenvalue weighted by atomic mass is 9.85. The van der Waals surface area contributed by atoms with Gasteiger partial charge in [-0.2, -0.15) is 0 Å². The molecule has 2 aromatic heterocycles. The normalized spacial score (nSPS) is 16.9. The van der Waals surface area contributed by atoms with Crippen molar-refractivity contribution in [1.82, 2.24) is 14.5 Å². The molecule has 0 bridgehead atoms. The fourth-order valence-electron chi connectivity index (χ4n) is 5.85. The molecule has 4 heterocycles. The predicted octanol–water partition coefficient (Wildman–Crippen LogP) is 4.98. The maximum Gasteiger partial charge on any atom is 0.242 e. The van der Waals surface area contributed by atoms with Gasteiger partial charge in [0.25, 0.3) is 0 Å².